The molecule has 0 spiro atoms. The minimum absolute atomic E-state index is 0. The molecule has 0 rings (SSSR count). The molecule has 0 aromatic carbocycles. The van der Waals surface area contributed by atoms with Crippen molar-refractivity contribution in [2.75, 3.05) is 0 Å². The van der Waals surface area contributed by atoms with Crippen molar-refractivity contribution >= 4 is 5.78 Å². The molecule has 1 atom stereocenters. The summed E-state index contributed by atoms with van der Waals surface area (Å²) >= 11 is 0. The van der Waals surface area contributed by atoms with Crippen LogP contribution in [0.2, 0.25) is 0 Å². The third-order valence-corrected chi connectivity index (χ3v) is 0.923. The first-order chi connectivity index (χ1) is 3.18. The van der Waals surface area contributed by atoms with Gasteiger partial charge < -0.3 is 18.6 Å². The number of carbonyl (C=O) groups is 1. The molecule has 0 saturated heterocycles. The maximum Gasteiger partial charge on any atom is 0.100 e. The van der Waals surface area contributed by atoms with Crippen LogP contribution >= 0.6 is 0 Å². The monoisotopic (exact) mass is 276 g/mol. The fourth-order valence-corrected chi connectivity index (χ4v) is 0.203. The molecule has 0 aliphatic carbocycles. The van der Waals surface area contributed by atoms with Gasteiger partial charge in [-0.25, -0.2) is 6.42 Å². The molecular weight excluding hydrogens is 266 g/mol. The van der Waals surface area contributed by atoms with Gasteiger partial charge >= 0.3 is 0 Å². The predicted octanol–water partition coefficient (Wildman–Crippen LogP) is 1.24. The first kappa shape index (κ1) is 17.1. The number of ketones is 1. The van der Waals surface area contributed by atoms with Crippen LogP contribution < -0.4 is 0 Å². The fraction of sp³-hybridized carbons (Fsp3) is 0.500. The van der Waals surface area contributed by atoms with E-state index in [2.05, 4.69) is 13.8 Å². The van der Waals surface area contributed by atoms with E-state index in [0.29, 0.717) is 6.42 Å². The van der Waals surface area contributed by atoms with E-state index in [4.69, 9.17) is 0 Å². The van der Waals surface area contributed by atoms with Gasteiger partial charge in [-0.2, -0.15) is 0 Å². The van der Waals surface area contributed by atoms with Crippen molar-refractivity contribution in [2.45, 2.75) is 13.3 Å². The van der Waals surface area contributed by atoms with Gasteiger partial charge in [0.2, 0.25) is 0 Å². The van der Waals surface area contributed by atoms with Crippen LogP contribution in [0.15, 0.2) is 0 Å². The topological polar surface area (TPSA) is 17.1 Å². The fourth-order valence-electron chi connectivity index (χ4n) is 0.203. The van der Waals surface area contributed by atoms with Gasteiger partial charge in [0.25, 0.3) is 0 Å². The molecule has 0 aromatic heterocycles. The Morgan fingerprint density at radius 2 is 1.89 bits per heavy atom. The Morgan fingerprint density at radius 1 is 1.56 bits per heavy atom. The van der Waals surface area contributed by atoms with Crippen molar-refractivity contribution in [3.05, 3.63) is 13.8 Å². The van der Waals surface area contributed by atoms with Gasteiger partial charge in [0.15, 0.2) is 0 Å². The van der Waals surface area contributed by atoms with Gasteiger partial charge in [-0.05, 0) is 6.92 Å². The zero-order valence-corrected chi connectivity index (χ0v) is 11.4. The molecule has 3 heteroatoms. The van der Waals surface area contributed by atoms with Gasteiger partial charge in [0, 0.05) is 65.4 Å². The average molecular weight is 276 g/mol. The van der Waals surface area contributed by atoms with Crippen LogP contribution in [0.3, 0.4) is 0 Å². The van der Waals surface area contributed by atoms with Gasteiger partial charge in [0.05, 0.1) is 0 Å². The summed E-state index contributed by atoms with van der Waals surface area (Å²) in [5.41, 5.74) is 0. The van der Waals surface area contributed by atoms with Crippen LogP contribution in [-0.2, 0) is 70.2 Å². The molecule has 0 bridgehead atoms. The molecule has 0 aromatic rings. The van der Waals surface area contributed by atoms with E-state index in [9.17, 15) is 4.79 Å². The summed E-state index contributed by atoms with van der Waals surface area (Å²) in [6.07, 6.45) is 0.606. The van der Waals surface area contributed by atoms with Gasteiger partial charge in [0.1, 0.15) is 5.78 Å². The number of hydrogen-bond donors (Lipinski definition) is 0. The molecule has 1 unspecified atom stereocenters. The molecule has 48 valence electrons. The zero-order chi connectivity index (χ0) is 5.86. The number of hydrogen-bond acceptors (Lipinski definition) is 1. The maximum atomic E-state index is 10.3. The summed E-state index contributed by atoms with van der Waals surface area (Å²) < 4.78 is 0. The molecule has 2 radical (unpaired) electrons. The summed E-state index contributed by atoms with van der Waals surface area (Å²) in [6, 6.07) is 0. The van der Waals surface area contributed by atoms with E-state index >= 15 is 0 Å². The summed E-state index contributed by atoms with van der Waals surface area (Å²) in [4.78, 5) is 10.3. The van der Waals surface area contributed by atoms with Gasteiger partial charge in [-0.15, -0.1) is 5.92 Å². The van der Waals surface area contributed by atoms with Crippen LogP contribution in [0.1, 0.15) is 13.3 Å². The molecule has 0 heterocycles. The average Bonchev–Trinajstić information content (AvgIpc) is 1.65. The Bertz CT molecular complexity index is 73.5. The third kappa shape index (κ3) is 9.88. The maximum absolute atomic E-state index is 10.3. The Balaban J connectivity index is -0.000000180. The minimum Gasteiger partial charge on any atom is -0.345 e. The Morgan fingerprint density at radius 3 is 1.89 bits per heavy atom. The first-order valence-electron chi connectivity index (χ1n) is 2.31. The normalized spacial score (nSPS) is 10.6. The third-order valence-electron chi connectivity index (χ3n) is 0.923. The molecule has 1 nitrogen and oxygen atoms in total. The van der Waals surface area contributed by atoms with Crippen LogP contribution in [-0.4, -0.2) is 5.78 Å². The van der Waals surface area contributed by atoms with Crippen LogP contribution in [0, 0.1) is 19.8 Å². The van der Waals surface area contributed by atoms with Crippen LogP contribution in [0.25, 0.3) is 0 Å². The van der Waals surface area contributed by atoms with E-state index in [1.54, 1.807) is 0 Å². The van der Waals surface area contributed by atoms with Crippen molar-refractivity contribution in [1.82, 2.24) is 0 Å². The second-order valence-electron chi connectivity index (χ2n) is 1.60. The van der Waals surface area contributed by atoms with Crippen molar-refractivity contribution in [3.63, 3.8) is 0 Å². The van der Waals surface area contributed by atoms with E-state index in [-0.39, 0.29) is 77.1 Å². The Kier molecular flexibility index (Phi) is 18.8. The summed E-state index contributed by atoms with van der Waals surface area (Å²) in [5.74, 6) is 0.0231. The number of carbonyl (C=O) groups excluding carboxylic acids is 1. The van der Waals surface area contributed by atoms with Gasteiger partial charge in [-0.3, -0.25) is 0 Å². The quantitative estimate of drug-likeness (QED) is 0.694. The molecular formula is C6H10OY2-2. The number of Topliss-reactive ketones (excluding diaryl/α,β-unsaturated/α-hetero) is 1. The Labute approximate surface area is 107 Å². The van der Waals surface area contributed by atoms with Crippen molar-refractivity contribution in [2.24, 2.45) is 5.92 Å². The molecule has 0 fully saturated rings. The van der Waals surface area contributed by atoms with Crippen LogP contribution in [0.5, 0.6) is 0 Å². The van der Waals surface area contributed by atoms with E-state index in [0.717, 1.165) is 0 Å². The molecule has 0 aliphatic rings. The minimum atomic E-state index is -0.0972. The molecule has 0 aliphatic heterocycles. The SMILES string of the molecule is [CH2-]CC([CH2-])C(C)=O.[Y].[Y]. The van der Waals surface area contributed by atoms with Crippen LogP contribution in [0.4, 0.5) is 0 Å². The van der Waals surface area contributed by atoms with Crippen molar-refractivity contribution < 1.29 is 70.2 Å². The van der Waals surface area contributed by atoms with E-state index in [1.807, 2.05) is 0 Å². The van der Waals surface area contributed by atoms with E-state index in [1.165, 1.54) is 6.92 Å². The first-order valence-corrected chi connectivity index (χ1v) is 2.31. The standard InChI is InChI=1S/C6H10O.2Y/c1-4-5(2)6(3)7;;/h5H,1-2,4H2,3H3;;/q-2;;. The summed E-state index contributed by atoms with van der Waals surface area (Å²) in [5, 5.41) is 0. The zero-order valence-electron chi connectivity index (χ0n) is 5.76. The smallest absolute Gasteiger partial charge is 0.100 e. The largest absolute Gasteiger partial charge is 0.345 e. The summed E-state index contributed by atoms with van der Waals surface area (Å²) in [6.45, 7) is 8.60. The Hall–Kier alpha value is 1.88. The van der Waals surface area contributed by atoms with E-state index < -0.39 is 0 Å². The molecule has 9 heavy (non-hydrogen) atoms. The van der Waals surface area contributed by atoms with Crippen molar-refractivity contribution in [3.8, 4) is 0 Å². The molecule has 0 N–H and O–H groups in total. The second-order valence-corrected chi connectivity index (χ2v) is 1.60. The summed E-state index contributed by atoms with van der Waals surface area (Å²) in [7, 11) is 0. The predicted molar refractivity (Wildman–Crippen MR) is 29.5 cm³/mol. The van der Waals surface area contributed by atoms with Crippen molar-refractivity contribution in [1.29, 1.82) is 0 Å². The number of rotatable bonds is 2. The second kappa shape index (κ2) is 9.88. The molecule has 0 amide bonds. The molecule has 0 saturated carbocycles. The van der Waals surface area contributed by atoms with Gasteiger partial charge in [-0.1, -0.05) is 0 Å².